The van der Waals surface area contributed by atoms with Crippen LogP contribution in [0, 0.1) is 12.3 Å². The smallest absolute Gasteiger partial charge is 0.322 e. The maximum Gasteiger partial charge on any atom is 0.322 e. The molecule has 3 rings (SSSR count). The molecule has 1 aromatic heterocycles. The number of amides is 2. The highest BCUT2D eigenvalue weighted by molar-refractivity contribution is 7.13. The highest BCUT2D eigenvalue weighted by atomic mass is 32.1. The summed E-state index contributed by atoms with van der Waals surface area (Å²) in [5.74, 6) is -1.23. The number of hydrogen-bond acceptors (Lipinski definition) is 8. The molecule has 190 valence electrons. The SMILES string of the molecule is Cc1ncsc1-c1ccc(CNC(=O)[C@@H]2C[C@@H](OC(=O)[C@H](C)N)CN2C(=O)[C@@H](N)C(C)(C)C)cc1. The van der Waals surface area contributed by atoms with E-state index in [4.69, 9.17) is 16.2 Å². The van der Waals surface area contributed by atoms with Crippen molar-refractivity contribution in [1.82, 2.24) is 15.2 Å². The third-order valence-corrected chi connectivity index (χ3v) is 7.11. The van der Waals surface area contributed by atoms with Crippen molar-refractivity contribution in [2.24, 2.45) is 16.9 Å². The van der Waals surface area contributed by atoms with Crippen LogP contribution in [0.5, 0.6) is 0 Å². The van der Waals surface area contributed by atoms with Crippen molar-refractivity contribution < 1.29 is 19.1 Å². The Morgan fingerprint density at radius 1 is 1.23 bits per heavy atom. The monoisotopic (exact) mass is 501 g/mol. The number of nitrogens with zero attached hydrogens (tertiary/aromatic N) is 2. The van der Waals surface area contributed by atoms with Crippen molar-refractivity contribution in [3.8, 4) is 10.4 Å². The van der Waals surface area contributed by atoms with Gasteiger partial charge in [-0.05, 0) is 30.4 Å². The number of nitrogens with one attached hydrogen (secondary N) is 1. The van der Waals surface area contributed by atoms with Crippen molar-refractivity contribution in [3.63, 3.8) is 0 Å². The minimum atomic E-state index is -0.802. The number of ether oxygens (including phenoxy) is 1. The molecule has 1 aromatic carbocycles. The van der Waals surface area contributed by atoms with Crippen LogP contribution in [0.3, 0.4) is 0 Å². The zero-order chi connectivity index (χ0) is 25.9. The van der Waals surface area contributed by atoms with E-state index in [2.05, 4.69) is 10.3 Å². The molecule has 0 aliphatic carbocycles. The fraction of sp³-hybridized carbons (Fsp3) is 0.520. The number of esters is 1. The van der Waals surface area contributed by atoms with Gasteiger partial charge in [-0.15, -0.1) is 11.3 Å². The van der Waals surface area contributed by atoms with Crippen LogP contribution in [-0.2, 0) is 25.7 Å². The van der Waals surface area contributed by atoms with Gasteiger partial charge in [0.05, 0.1) is 28.7 Å². The Bertz CT molecular complexity index is 1060. The summed E-state index contributed by atoms with van der Waals surface area (Å²) in [5.41, 5.74) is 16.1. The number of hydrogen-bond donors (Lipinski definition) is 3. The number of thiazole rings is 1. The first kappa shape index (κ1) is 26.8. The Morgan fingerprint density at radius 2 is 1.89 bits per heavy atom. The Balaban J connectivity index is 1.69. The van der Waals surface area contributed by atoms with Gasteiger partial charge in [0.15, 0.2) is 0 Å². The van der Waals surface area contributed by atoms with E-state index in [0.717, 1.165) is 21.7 Å². The molecule has 0 spiro atoms. The maximum atomic E-state index is 13.2. The number of carbonyl (C=O) groups excluding carboxylic acids is 3. The van der Waals surface area contributed by atoms with Gasteiger partial charge in [0.2, 0.25) is 11.8 Å². The summed E-state index contributed by atoms with van der Waals surface area (Å²) in [6.07, 6.45) is -0.432. The van der Waals surface area contributed by atoms with Crippen molar-refractivity contribution in [2.75, 3.05) is 6.54 Å². The van der Waals surface area contributed by atoms with Crippen LogP contribution in [0.25, 0.3) is 10.4 Å². The summed E-state index contributed by atoms with van der Waals surface area (Å²) in [6, 6.07) is 5.52. The number of carbonyl (C=O) groups is 3. The highest BCUT2D eigenvalue weighted by Crippen LogP contribution is 2.28. The molecule has 0 saturated carbocycles. The van der Waals surface area contributed by atoms with Crippen LogP contribution in [0.2, 0.25) is 0 Å². The van der Waals surface area contributed by atoms with Gasteiger partial charge in [0, 0.05) is 13.0 Å². The zero-order valence-corrected chi connectivity index (χ0v) is 21.7. The molecule has 10 heteroatoms. The zero-order valence-electron chi connectivity index (χ0n) is 20.9. The summed E-state index contributed by atoms with van der Waals surface area (Å²) in [4.78, 5) is 45.2. The van der Waals surface area contributed by atoms with Crippen LogP contribution in [0.4, 0.5) is 0 Å². The van der Waals surface area contributed by atoms with E-state index in [1.807, 2.05) is 57.5 Å². The van der Waals surface area contributed by atoms with E-state index >= 15 is 0 Å². The fourth-order valence-electron chi connectivity index (χ4n) is 3.86. The van der Waals surface area contributed by atoms with Gasteiger partial charge < -0.3 is 26.4 Å². The number of aromatic nitrogens is 1. The van der Waals surface area contributed by atoms with Crippen LogP contribution in [0.15, 0.2) is 29.8 Å². The largest absolute Gasteiger partial charge is 0.459 e. The predicted octanol–water partition coefficient (Wildman–Crippen LogP) is 1.97. The Hall–Kier alpha value is -2.82. The second-order valence-corrected chi connectivity index (χ2v) is 11.0. The van der Waals surface area contributed by atoms with E-state index in [9.17, 15) is 14.4 Å². The Morgan fingerprint density at radius 3 is 2.43 bits per heavy atom. The molecule has 0 bridgehead atoms. The third kappa shape index (κ3) is 6.45. The van der Waals surface area contributed by atoms with E-state index < -0.39 is 35.6 Å². The van der Waals surface area contributed by atoms with Gasteiger partial charge in [-0.1, -0.05) is 45.0 Å². The number of aryl methyl sites for hydroxylation is 1. The first-order valence-corrected chi connectivity index (χ1v) is 12.6. The van der Waals surface area contributed by atoms with Crippen molar-refractivity contribution in [1.29, 1.82) is 0 Å². The number of benzene rings is 1. The summed E-state index contributed by atoms with van der Waals surface area (Å²) in [6.45, 7) is 9.50. The first-order valence-electron chi connectivity index (χ1n) is 11.7. The molecule has 0 radical (unpaired) electrons. The van der Waals surface area contributed by atoms with Crippen molar-refractivity contribution in [2.45, 2.75) is 71.8 Å². The lowest BCUT2D eigenvalue weighted by atomic mass is 9.86. The fourth-order valence-corrected chi connectivity index (χ4v) is 4.67. The molecule has 0 unspecified atom stereocenters. The van der Waals surface area contributed by atoms with Gasteiger partial charge in [0.1, 0.15) is 18.2 Å². The molecule has 2 amide bonds. The number of rotatable bonds is 7. The predicted molar refractivity (Wildman–Crippen MR) is 135 cm³/mol. The molecule has 1 aliphatic rings. The second-order valence-electron chi connectivity index (χ2n) is 10.1. The van der Waals surface area contributed by atoms with Crippen LogP contribution in [0.1, 0.15) is 45.4 Å². The molecule has 9 nitrogen and oxygen atoms in total. The van der Waals surface area contributed by atoms with Crippen molar-refractivity contribution in [3.05, 3.63) is 41.0 Å². The molecule has 4 atom stereocenters. The van der Waals surface area contributed by atoms with E-state index in [-0.39, 0.29) is 24.8 Å². The van der Waals surface area contributed by atoms with Gasteiger partial charge >= 0.3 is 5.97 Å². The molecule has 2 aromatic rings. The van der Waals surface area contributed by atoms with E-state index in [1.54, 1.807) is 11.3 Å². The van der Waals surface area contributed by atoms with Gasteiger partial charge in [0.25, 0.3) is 0 Å². The third-order valence-electron chi connectivity index (χ3n) is 6.13. The molecular formula is C25H35N5O4S. The topological polar surface area (TPSA) is 141 Å². The lowest BCUT2D eigenvalue weighted by Crippen LogP contribution is -2.54. The minimum absolute atomic E-state index is 0.0993. The normalized spacial score (nSPS) is 19.8. The van der Waals surface area contributed by atoms with Crippen molar-refractivity contribution >= 4 is 29.1 Å². The summed E-state index contributed by atoms with van der Waals surface area (Å²) >= 11 is 1.58. The van der Waals surface area contributed by atoms with Crippen LogP contribution < -0.4 is 16.8 Å². The quantitative estimate of drug-likeness (QED) is 0.493. The maximum absolute atomic E-state index is 13.2. The average Bonchev–Trinajstić information content (AvgIpc) is 3.42. The molecule has 35 heavy (non-hydrogen) atoms. The molecule has 1 saturated heterocycles. The summed E-state index contributed by atoms with van der Waals surface area (Å²) < 4.78 is 5.44. The Kier molecular flexibility index (Phi) is 8.30. The van der Waals surface area contributed by atoms with E-state index in [0.29, 0.717) is 6.54 Å². The van der Waals surface area contributed by atoms with E-state index in [1.165, 1.54) is 11.8 Å². The molecule has 1 aliphatic heterocycles. The molecule has 1 fully saturated rings. The van der Waals surface area contributed by atoms with Gasteiger partial charge in [-0.25, -0.2) is 4.98 Å². The van der Waals surface area contributed by atoms with Gasteiger partial charge in [-0.2, -0.15) is 0 Å². The average molecular weight is 502 g/mol. The second kappa shape index (κ2) is 10.8. The lowest BCUT2D eigenvalue weighted by molar-refractivity contribution is -0.150. The standard InChI is InChI=1S/C25H35N5O4S/c1-14(26)24(33)34-18-10-19(30(12-18)23(32)21(27)25(3,4)5)22(31)28-11-16-6-8-17(9-7-16)20-15(2)29-13-35-20/h6-9,13-14,18-19,21H,10-12,26-27H2,1-5H3,(H,28,31)/t14-,18+,19-,21+/m0/s1. The summed E-state index contributed by atoms with van der Waals surface area (Å²) in [7, 11) is 0. The molecule has 2 heterocycles. The van der Waals surface area contributed by atoms with Crippen LogP contribution in [-0.4, -0.2) is 58.4 Å². The van der Waals surface area contributed by atoms with Gasteiger partial charge in [-0.3, -0.25) is 14.4 Å². The molecular weight excluding hydrogens is 466 g/mol. The Labute approximate surface area is 210 Å². The molecule has 5 N–H and O–H groups in total. The first-order chi connectivity index (χ1) is 16.4. The summed E-state index contributed by atoms with van der Waals surface area (Å²) in [5, 5.41) is 2.92. The number of likely N-dealkylation sites (tertiary alicyclic amines) is 1. The lowest BCUT2D eigenvalue weighted by Gasteiger charge is -2.32. The highest BCUT2D eigenvalue weighted by Gasteiger charge is 2.44. The minimum Gasteiger partial charge on any atom is -0.459 e. The van der Waals surface area contributed by atoms with Crippen LogP contribution >= 0.6 is 11.3 Å². The number of nitrogens with two attached hydrogens (primary N) is 2.